The first-order valence-corrected chi connectivity index (χ1v) is 21.4. The van der Waals surface area contributed by atoms with Crippen LogP contribution in [0.3, 0.4) is 0 Å². The van der Waals surface area contributed by atoms with Crippen LogP contribution in [-0.4, -0.2) is 136 Å². The van der Waals surface area contributed by atoms with Crippen molar-refractivity contribution >= 4 is 29.4 Å². The number of rotatable bonds is 6. The molecule has 15 unspecified atom stereocenters. The molecule has 1 saturated carbocycles. The summed E-state index contributed by atoms with van der Waals surface area (Å²) < 4.78 is 29.3. The first kappa shape index (κ1) is 48.6. The first-order valence-electron chi connectivity index (χ1n) is 21.4. The highest BCUT2D eigenvalue weighted by Crippen LogP contribution is 2.39. The number of nitrogens with zero attached hydrogens (tertiary/aromatic N) is 1. The lowest BCUT2D eigenvalue weighted by Crippen LogP contribution is -2.64. The van der Waals surface area contributed by atoms with Gasteiger partial charge in [-0.25, -0.2) is 4.79 Å². The lowest BCUT2D eigenvalue weighted by atomic mass is 9.81. The Morgan fingerprint density at radius 2 is 1.59 bits per heavy atom. The molecule has 0 aromatic heterocycles. The predicted octanol–water partition coefficient (Wildman–Crippen LogP) is 3.36. The maximum absolute atomic E-state index is 14.3. The Labute approximate surface area is 348 Å². The second-order valence-electron chi connectivity index (χ2n) is 17.5. The number of aliphatic hydroxyl groups excluding tert-OH is 3. The number of amides is 1. The molecule has 15 heteroatoms. The van der Waals surface area contributed by atoms with E-state index in [1.54, 1.807) is 33.8 Å². The molecule has 3 fully saturated rings. The molecule has 1 aliphatic carbocycles. The minimum Gasteiger partial charge on any atom is -0.460 e. The molecule has 4 aliphatic rings. The highest BCUT2D eigenvalue weighted by molar-refractivity contribution is 6.39. The van der Waals surface area contributed by atoms with E-state index in [0.29, 0.717) is 43.3 Å². The molecule has 0 aromatic carbocycles. The van der Waals surface area contributed by atoms with Gasteiger partial charge in [-0.2, -0.15) is 0 Å². The summed E-state index contributed by atoms with van der Waals surface area (Å²) >= 11 is 0. The van der Waals surface area contributed by atoms with Gasteiger partial charge in [-0.15, -0.1) is 0 Å². The van der Waals surface area contributed by atoms with Crippen LogP contribution in [0.1, 0.15) is 113 Å². The maximum Gasteiger partial charge on any atom is 0.329 e. The molecule has 334 valence electrons. The van der Waals surface area contributed by atoms with Crippen molar-refractivity contribution in [2.45, 2.75) is 173 Å². The van der Waals surface area contributed by atoms with Gasteiger partial charge in [0.2, 0.25) is 5.79 Å². The Balaban J connectivity index is 1.77. The van der Waals surface area contributed by atoms with Crippen LogP contribution in [0, 0.1) is 29.6 Å². The van der Waals surface area contributed by atoms with Gasteiger partial charge in [0.15, 0.2) is 0 Å². The van der Waals surface area contributed by atoms with Crippen LogP contribution in [0.15, 0.2) is 23.3 Å². The Morgan fingerprint density at radius 3 is 2.20 bits per heavy atom. The van der Waals surface area contributed by atoms with E-state index in [9.17, 15) is 44.4 Å². The van der Waals surface area contributed by atoms with Gasteiger partial charge in [-0.3, -0.25) is 19.2 Å². The summed E-state index contributed by atoms with van der Waals surface area (Å²) in [5, 5.41) is 46.0. The average molecular weight is 836 g/mol. The third kappa shape index (κ3) is 11.5. The molecular formula is C44H69NO14. The van der Waals surface area contributed by atoms with Gasteiger partial charge in [-0.05, 0) is 94.6 Å². The van der Waals surface area contributed by atoms with Crippen molar-refractivity contribution in [3.05, 3.63) is 23.3 Å². The number of carbonyl (C=O) groups is 5. The van der Waals surface area contributed by atoms with E-state index in [0.717, 1.165) is 4.90 Å². The second kappa shape index (κ2) is 21.2. The van der Waals surface area contributed by atoms with E-state index in [2.05, 4.69) is 0 Å². The van der Waals surface area contributed by atoms with Crippen LogP contribution < -0.4 is 0 Å². The number of hydrogen-bond donors (Lipinski definition) is 4. The molecule has 4 rings (SSSR count). The van der Waals surface area contributed by atoms with E-state index in [-0.39, 0.29) is 50.4 Å². The number of piperidine rings is 1. The van der Waals surface area contributed by atoms with Crippen LogP contribution in [0.25, 0.3) is 0 Å². The zero-order valence-corrected chi connectivity index (χ0v) is 36.3. The fourth-order valence-electron chi connectivity index (χ4n) is 9.41. The zero-order chi connectivity index (χ0) is 43.9. The van der Waals surface area contributed by atoms with E-state index in [1.807, 2.05) is 19.9 Å². The average Bonchev–Trinajstić information content (AvgIpc) is 3.20. The summed E-state index contributed by atoms with van der Waals surface area (Å²) in [4.78, 5) is 69.3. The predicted molar refractivity (Wildman–Crippen MR) is 214 cm³/mol. The Hall–Kier alpha value is -3.05. The monoisotopic (exact) mass is 835 g/mol. The summed E-state index contributed by atoms with van der Waals surface area (Å²) in [6, 6.07) is -1.20. The standard InChI is InChI=1S/C44H69NO14/c1-10-30-18-23(2)38(50)24(3)19-36(55-8)40-37(56-9)20-26(5)44(54,59-40)41(51)42(52)45-16-12-11-13-31(45)43(53)58-39(27(6)32(47)22-33(30)48)25(4)17-29-14-15-35(34(49)21-29)57-28(7)46/h17-18,24,26-27,29-32,34-40,47,49-50,54H,10-16,19-22H2,1-9H3. The minimum atomic E-state index is -2.59. The topological polar surface area (TPSA) is 216 Å². The molecule has 1 amide bonds. The number of hydrogen-bond acceptors (Lipinski definition) is 14. The molecule has 4 N–H and O–H groups in total. The van der Waals surface area contributed by atoms with Crippen molar-refractivity contribution in [3.63, 3.8) is 0 Å². The number of Topliss-reactive ketones (excluding diaryl/α,β-unsaturated/α-hetero) is 2. The lowest BCUT2D eigenvalue weighted by Gasteiger charge is -2.47. The number of esters is 2. The van der Waals surface area contributed by atoms with E-state index in [4.69, 9.17) is 23.7 Å². The van der Waals surface area contributed by atoms with Gasteiger partial charge in [0.05, 0.1) is 30.5 Å². The fourth-order valence-corrected chi connectivity index (χ4v) is 9.41. The van der Waals surface area contributed by atoms with Crippen LogP contribution in [0.4, 0.5) is 0 Å². The van der Waals surface area contributed by atoms with Crippen molar-refractivity contribution in [2.75, 3.05) is 20.8 Å². The first-order chi connectivity index (χ1) is 27.8. The largest absolute Gasteiger partial charge is 0.460 e. The number of fused-ring (bicyclic) bond motifs is 3. The SMILES string of the molecule is CCC1C=C(C)C(O)C(C)CC(OC)C2OC(O)(C(=O)C(=O)N3CCCCC3C(=O)OC(C(C)=CC3CCC(OC(C)=O)C(O)C3)C(C)C(O)CC1=O)C(C)CC2OC. The summed E-state index contributed by atoms with van der Waals surface area (Å²) in [6.45, 7) is 11.7. The molecular weight excluding hydrogens is 766 g/mol. The Kier molecular flexibility index (Phi) is 17.4. The minimum absolute atomic E-state index is 0.0371. The van der Waals surface area contributed by atoms with Crippen molar-refractivity contribution < 1.29 is 68.1 Å². The number of methoxy groups -OCH3 is 2. The summed E-state index contributed by atoms with van der Waals surface area (Å²) in [5.41, 5.74) is 1.08. The number of carbonyl (C=O) groups excluding carboxylic acids is 5. The molecule has 3 aliphatic heterocycles. The van der Waals surface area contributed by atoms with E-state index in [1.165, 1.54) is 21.1 Å². The van der Waals surface area contributed by atoms with E-state index >= 15 is 0 Å². The third-order valence-corrected chi connectivity index (χ3v) is 13.2. The number of ether oxygens (including phenoxy) is 5. The Morgan fingerprint density at radius 1 is 0.932 bits per heavy atom. The molecule has 0 radical (unpaired) electrons. The normalized spacial score (nSPS) is 40.3. The second-order valence-corrected chi connectivity index (χ2v) is 17.5. The van der Waals surface area contributed by atoms with Crippen LogP contribution in [-0.2, 0) is 47.7 Å². The van der Waals surface area contributed by atoms with Gasteiger partial charge in [-0.1, -0.05) is 39.8 Å². The van der Waals surface area contributed by atoms with Crippen molar-refractivity contribution in [3.8, 4) is 0 Å². The molecule has 0 spiro atoms. The van der Waals surface area contributed by atoms with Crippen molar-refractivity contribution in [1.29, 1.82) is 0 Å². The molecule has 59 heavy (non-hydrogen) atoms. The number of cyclic esters (lactones) is 1. The highest BCUT2D eigenvalue weighted by Gasteiger charge is 2.56. The van der Waals surface area contributed by atoms with Gasteiger partial charge in [0, 0.05) is 51.9 Å². The summed E-state index contributed by atoms with van der Waals surface area (Å²) in [6.07, 6.45) is -0.928. The number of ketones is 2. The van der Waals surface area contributed by atoms with Crippen molar-refractivity contribution in [1.82, 2.24) is 4.90 Å². The summed E-state index contributed by atoms with van der Waals surface area (Å²) in [7, 11) is 2.92. The van der Waals surface area contributed by atoms with Crippen LogP contribution >= 0.6 is 0 Å². The quantitative estimate of drug-likeness (QED) is 0.172. The highest BCUT2D eigenvalue weighted by atomic mass is 16.7. The third-order valence-electron chi connectivity index (χ3n) is 13.2. The molecule has 2 saturated heterocycles. The van der Waals surface area contributed by atoms with Gasteiger partial charge >= 0.3 is 11.9 Å². The molecule has 15 atom stereocenters. The van der Waals surface area contributed by atoms with Gasteiger partial charge in [0.25, 0.3) is 11.7 Å². The maximum atomic E-state index is 14.3. The number of allylic oxidation sites excluding steroid dienone is 2. The molecule has 0 aromatic rings. The van der Waals surface area contributed by atoms with Crippen molar-refractivity contribution in [2.24, 2.45) is 29.6 Å². The van der Waals surface area contributed by atoms with Gasteiger partial charge < -0.3 is 49.0 Å². The van der Waals surface area contributed by atoms with Crippen LogP contribution in [0.2, 0.25) is 0 Å². The smallest absolute Gasteiger partial charge is 0.329 e. The number of aliphatic hydroxyl groups is 4. The van der Waals surface area contributed by atoms with E-state index < -0.39 is 108 Å². The Bertz CT molecular complexity index is 1560. The van der Waals surface area contributed by atoms with Crippen LogP contribution in [0.5, 0.6) is 0 Å². The molecule has 3 heterocycles. The fraction of sp³-hybridized carbons (Fsp3) is 0.795. The molecule has 2 bridgehead atoms. The lowest BCUT2D eigenvalue weighted by molar-refractivity contribution is -0.302. The summed E-state index contributed by atoms with van der Waals surface area (Å²) in [5.74, 6) is -9.51. The molecule has 15 nitrogen and oxygen atoms in total. The zero-order valence-electron chi connectivity index (χ0n) is 36.3. The van der Waals surface area contributed by atoms with Gasteiger partial charge in [0.1, 0.15) is 30.1 Å².